The molecular formula is C10H20OS. The van der Waals surface area contributed by atoms with Crippen molar-refractivity contribution in [3.05, 3.63) is 0 Å². The Hall–Kier alpha value is 0.310. The van der Waals surface area contributed by atoms with Crippen LogP contribution in [0.2, 0.25) is 0 Å². The van der Waals surface area contributed by atoms with Crippen LogP contribution in [0.4, 0.5) is 0 Å². The monoisotopic (exact) mass is 188 g/mol. The molecule has 2 atom stereocenters. The molecule has 0 aromatic carbocycles. The molecule has 2 heteroatoms. The van der Waals surface area contributed by atoms with E-state index < -0.39 is 0 Å². The fraction of sp³-hybridized carbons (Fsp3) is 1.00. The molecule has 1 aliphatic carbocycles. The zero-order chi connectivity index (χ0) is 9.19. The van der Waals surface area contributed by atoms with Crippen molar-refractivity contribution in [2.75, 3.05) is 0 Å². The van der Waals surface area contributed by atoms with Gasteiger partial charge in [-0.05, 0) is 25.7 Å². The van der Waals surface area contributed by atoms with E-state index in [1.807, 2.05) is 11.8 Å². The molecule has 0 aromatic heterocycles. The summed E-state index contributed by atoms with van der Waals surface area (Å²) in [5.74, 6) is 0. The highest BCUT2D eigenvalue weighted by Gasteiger charge is 2.24. The minimum absolute atomic E-state index is 0.0291. The van der Waals surface area contributed by atoms with Gasteiger partial charge < -0.3 is 5.11 Å². The molecule has 0 bridgehead atoms. The standard InChI is InChI=1S/C10H20OS/c1-10(2,3)12-9-6-4-5-8(11)7-9/h8-9,11H,4-7H2,1-3H3. The highest BCUT2D eigenvalue weighted by atomic mass is 32.2. The summed E-state index contributed by atoms with van der Waals surface area (Å²) in [5.41, 5.74) is 0. The topological polar surface area (TPSA) is 20.2 Å². The average Bonchev–Trinajstić information content (AvgIpc) is 1.82. The Bertz CT molecular complexity index is 139. The van der Waals surface area contributed by atoms with Gasteiger partial charge in [0.1, 0.15) is 0 Å². The normalized spacial score (nSPS) is 32.0. The molecule has 1 rings (SSSR count). The van der Waals surface area contributed by atoms with Gasteiger partial charge in [0, 0.05) is 10.00 Å². The summed E-state index contributed by atoms with van der Waals surface area (Å²) < 4.78 is 0.349. The van der Waals surface area contributed by atoms with Gasteiger partial charge in [0.05, 0.1) is 6.10 Å². The van der Waals surface area contributed by atoms with Crippen LogP contribution in [0.3, 0.4) is 0 Å². The van der Waals surface area contributed by atoms with Crippen LogP contribution in [-0.2, 0) is 0 Å². The lowest BCUT2D eigenvalue weighted by molar-refractivity contribution is 0.133. The van der Waals surface area contributed by atoms with Crippen molar-refractivity contribution in [1.82, 2.24) is 0 Å². The second kappa shape index (κ2) is 4.01. The van der Waals surface area contributed by atoms with E-state index in [9.17, 15) is 5.11 Å². The van der Waals surface area contributed by atoms with Crippen LogP contribution in [0.15, 0.2) is 0 Å². The molecule has 1 N–H and O–H groups in total. The Labute approximate surface area is 79.9 Å². The van der Waals surface area contributed by atoms with Crippen LogP contribution in [-0.4, -0.2) is 21.2 Å². The molecule has 0 aromatic rings. The van der Waals surface area contributed by atoms with E-state index >= 15 is 0 Å². The van der Waals surface area contributed by atoms with E-state index in [1.165, 1.54) is 12.8 Å². The van der Waals surface area contributed by atoms with E-state index in [4.69, 9.17) is 0 Å². The molecule has 1 fully saturated rings. The molecule has 0 radical (unpaired) electrons. The average molecular weight is 188 g/mol. The van der Waals surface area contributed by atoms with Crippen molar-refractivity contribution in [3.63, 3.8) is 0 Å². The van der Waals surface area contributed by atoms with E-state index in [0.29, 0.717) is 10.00 Å². The molecular weight excluding hydrogens is 168 g/mol. The minimum Gasteiger partial charge on any atom is -0.393 e. The number of aliphatic hydroxyl groups is 1. The van der Waals surface area contributed by atoms with Crippen molar-refractivity contribution in [2.45, 2.75) is 62.6 Å². The van der Waals surface area contributed by atoms with Gasteiger partial charge in [-0.25, -0.2) is 0 Å². The quantitative estimate of drug-likeness (QED) is 0.683. The predicted molar refractivity (Wildman–Crippen MR) is 55.6 cm³/mol. The third-order valence-electron chi connectivity index (χ3n) is 2.12. The summed E-state index contributed by atoms with van der Waals surface area (Å²) in [7, 11) is 0. The van der Waals surface area contributed by atoms with E-state index in [0.717, 1.165) is 12.8 Å². The Morgan fingerprint density at radius 2 is 1.92 bits per heavy atom. The number of thioether (sulfide) groups is 1. The number of hydrogen-bond donors (Lipinski definition) is 1. The van der Waals surface area contributed by atoms with Crippen LogP contribution in [0.25, 0.3) is 0 Å². The summed E-state index contributed by atoms with van der Waals surface area (Å²) in [6, 6.07) is 0. The molecule has 0 amide bonds. The third kappa shape index (κ3) is 3.81. The van der Waals surface area contributed by atoms with Gasteiger partial charge >= 0.3 is 0 Å². The maximum Gasteiger partial charge on any atom is 0.0550 e. The fourth-order valence-electron chi connectivity index (χ4n) is 1.73. The molecule has 0 saturated heterocycles. The first-order valence-electron chi connectivity index (χ1n) is 4.83. The van der Waals surface area contributed by atoms with Crippen LogP contribution < -0.4 is 0 Å². The van der Waals surface area contributed by atoms with Gasteiger partial charge in [0.2, 0.25) is 0 Å². The molecule has 0 aliphatic heterocycles. The largest absolute Gasteiger partial charge is 0.393 e. The molecule has 1 aliphatic rings. The molecule has 1 saturated carbocycles. The summed E-state index contributed by atoms with van der Waals surface area (Å²) >= 11 is 2.02. The first kappa shape index (κ1) is 10.4. The Kier molecular flexibility index (Phi) is 3.47. The fourth-order valence-corrected chi connectivity index (χ4v) is 3.33. The molecule has 0 spiro atoms. The number of hydrogen-bond acceptors (Lipinski definition) is 2. The Morgan fingerprint density at radius 3 is 2.42 bits per heavy atom. The van der Waals surface area contributed by atoms with Crippen molar-refractivity contribution < 1.29 is 5.11 Å². The summed E-state index contributed by atoms with van der Waals surface area (Å²) in [4.78, 5) is 0. The lowest BCUT2D eigenvalue weighted by Gasteiger charge is -2.30. The van der Waals surface area contributed by atoms with Crippen LogP contribution in [0, 0.1) is 0 Å². The lowest BCUT2D eigenvalue weighted by atomic mass is 9.97. The Balaban J connectivity index is 2.32. The zero-order valence-electron chi connectivity index (χ0n) is 8.34. The number of aliphatic hydroxyl groups excluding tert-OH is 1. The number of rotatable bonds is 1. The second-order valence-electron chi connectivity index (χ2n) is 4.67. The smallest absolute Gasteiger partial charge is 0.0550 e. The zero-order valence-corrected chi connectivity index (χ0v) is 9.16. The van der Waals surface area contributed by atoms with Gasteiger partial charge in [0.25, 0.3) is 0 Å². The molecule has 72 valence electrons. The first-order valence-corrected chi connectivity index (χ1v) is 5.71. The second-order valence-corrected chi connectivity index (χ2v) is 6.80. The van der Waals surface area contributed by atoms with Gasteiger partial charge in [-0.15, -0.1) is 0 Å². The van der Waals surface area contributed by atoms with Crippen molar-refractivity contribution in [2.24, 2.45) is 0 Å². The maximum absolute atomic E-state index is 9.46. The minimum atomic E-state index is -0.0291. The first-order chi connectivity index (χ1) is 5.47. The van der Waals surface area contributed by atoms with Crippen molar-refractivity contribution >= 4 is 11.8 Å². The highest BCUT2D eigenvalue weighted by molar-refractivity contribution is 8.01. The van der Waals surface area contributed by atoms with E-state index in [1.54, 1.807) is 0 Å². The van der Waals surface area contributed by atoms with Crippen LogP contribution in [0.5, 0.6) is 0 Å². The SMILES string of the molecule is CC(C)(C)SC1CCCC(O)C1. The third-order valence-corrected chi connectivity index (χ3v) is 3.59. The van der Waals surface area contributed by atoms with Gasteiger partial charge in [0.15, 0.2) is 0 Å². The van der Waals surface area contributed by atoms with Crippen LogP contribution >= 0.6 is 11.8 Å². The molecule has 1 nitrogen and oxygen atoms in total. The van der Waals surface area contributed by atoms with Gasteiger partial charge in [-0.1, -0.05) is 20.8 Å². The molecule has 0 heterocycles. The van der Waals surface area contributed by atoms with Gasteiger partial charge in [-0.2, -0.15) is 11.8 Å². The Morgan fingerprint density at radius 1 is 1.25 bits per heavy atom. The molecule has 2 unspecified atom stereocenters. The lowest BCUT2D eigenvalue weighted by Crippen LogP contribution is -2.25. The maximum atomic E-state index is 9.46. The van der Waals surface area contributed by atoms with Crippen molar-refractivity contribution in [3.8, 4) is 0 Å². The molecule has 12 heavy (non-hydrogen) atoms. The predicted octanol–water partition coefficient (Wildman–Crippen LogP) is 2.82. The van der Waals surface area contributed by atoms with Crippen molar-refractivity contribution in [1.29, 1.82) is 0 Å². The van der Waals surface area contributed by atoms with Crippen LogP contribution in [0.1, 0.15) is 46.5 Å². The summed E-state index contributed by atoms with van der Waals surface area (Å²) in [5, 5.41) is 10.2. The van der Waals surface area contributed by atoms with E-state index in [-0.39, 0.29) is 6.10 Å². The highest BCUT2D eigenvalue weighted by Crippen LogP contribution is 2.36. The summed E-state index contributed by atoms with van der Waals surface area (Å²) in [6.07, 6.45) is 4.48. The van der Waals surface area contributed by atoms with Gasteiger partial charge in [-0.3, -0.25) is 0 Å². The summed E-state index contributed by atoms with van der Waals surface area (Å²) in [6.45, 7) is 6.75. The van der Waals surface area contributed by atoms with E-state index in [2.05, 4.69) is 20.8 Å².